The summed E-state index contributed by atoms with van der Waals surface area (Å²) in [5.74, 6) is 0.834. The third-order valence-electron chi connectivity index (χ3n) is 2.51. The van der Waals surface area contributed by atoms with E-state index in [2.05, 4.69) is 21.1 Å². The van der Waals surface area contributed by atoms with Gasteiger partial charge in [0, 0.05) is 5.56 Å². The lowest BCUT2D eigenvalue weighted by Gasteiger charge is -2.23. The maximum atomic E-state index is 10.5. The fourth-order valence-electron chi connectivity index (χ4n) is 1.52. The first-order chi connectivity index (χ1) is 8.01. The number of benzene rings is 1. The summed E-state index contributed by atoms with van der Waals surface area (Å²) in [5, 5.41) is 0. The standard InChI is InChI=1S/C14H22NO2/c1-15(2,3)10-4-5-11-17-14-8-6-13(12-16)7-9-14/h6-9,12H,4-5,10-11H2,1-3H3/q+1. The van der Waals surface area contributed by atoms with Gasteiger partial charge >= 0.3 is 0 Å². The van der Waals surface area contributed by atoms with Crippen molar-refractivity contribution in [3.63, 3.8) is 0 Å². The summed E-state index contributed by atoms with van der Waals surface area (Å²) < 4.78 is 6.59. The van der Waals surface area contributed by atoms with E-state index in [0.717, 1.165) is 42.5 Å². The van der Waals surface area contributed by atoms with Crippen LogP contribution >= 0.6 is 0 Å². The zero-order valence-electron chi connectivity index (χ0n) is 11.0. The first kappa shape index (κ1) is 13.7. The van der Waals surface area contributed by atoms with Crippen LogP contribution in [0.2, 0.25) is 0 Å². The van der Waals surface area contributed by atoms with Gasteiger partial charge in [0.15, 0.2) is 0 Å². The van der Waals surface area contributed by atoms with Gasteiger partial charge < -0.3 is 9.22 Å². The molecule has 0 fully saturated rings. The molecule has 17 heavy (non-hydrogen) atoms. The monoisotopic (exact) mass is 236 g/mol. The molecule has 0 saturated carbocycles. The fourth-order valence-corrected chi connectivity index (χ4v) is 1.52. The fraction of sp³-hybridized carbons (Fsp3) is 0.500. The zero-order chi connectivity index (χ0) is 12.7. The molecule has 0 aliphatic heterocycles. The minimum atomic E-state index is 0.683. The van der Waals surface area contributed by atoms with Crippen LogP contribution in [0.4, 0.5) is 0 Å². The summed E-state index contributed by atoms with van der Waals surface area (Å²) in [5.41, 5.74) is 0.683. The number of unbranched alkanes of at least 4 members (excludes halogenated alkanes) is 1. The molecule has 1 aromatic carbocycles. The summed E-state index contributed by atoms with van der Waals surface area (Å²) in [6, 6.07) is 7.22. The van der Waals surface area contributed by atoms with Crippen LogP contribution in [-0.2, 0) is 0 Å². The third kappa shape index (κ3) is 6.07. The van der Waals surface area contributed by atoms with E-state index in [-0.39, 0.29) is 0 Å². The van der Waals surface area contributed by atoms with Gasteiger partial charge in [0.1, 0.15) is 12.0 Å². The highest BCUT2D eigenvalue weighted by Gasteiger charge is 2.05. The van der Waals surface area contributed by atoms with Crippen LogP contribution in [0.5, 0.6) is 5.75 Å². The quantitative estimate of drug-likeness (QED) is 0.413. The SMILES string of the molecule is C[N+](C)(C)CCCCOc1ccc(C=O)cc1. The normalized spacial score (nSPS) is 11.2. The molecule has 0 radical (unpaired) electrons. The molecule has 0 atom stereocenters. The second kappa shape index (κ2) is 6.40. The Hall–Kier alpha value is -1.35. The maximum absolute atomic E-state index is 10.5. The van der Waals surface area contributed by atoms with Gasteiger partial charge in [-0.05, 0) is 37.1 Å². The molecule has 0 aliphatic rings. The molecule has 0 aromatic heterocycles. The van der Waals surface area contributed by atoms with Gasteiger partial charge in [-0.15, -0.1) is 0 Å². The predicted octanol–water partition coefficient (Wildman–Crippen LogP) is 2.36. The van der Waals surface area contributed by atoms with Crippen molar-refractivity contribution in [3.8, 4) is 5.75 Å². The van der Waals surface area contributed by atoms with Gasteiger partial charge in [-0.2, -0.15) is 0 Å². The molecule has 0 saturated heterocycles. The Morgan fingerprint density at radius 3 is 2.29 bits per heavy atom. The Morgan fingerprint density at radius 1 is 1.12 bits per heavy atom. The number of quaternary nitrogens is 1. The van der Waals surface area contributed by atoms with Gasteiger partial charge in [0.2, 0.25) is 0 Å². The number of aldehydes is 1. The largest absolute Gasteiger partial charge is 0.494 e. The van der Waals surface area contributed by atoms with Gasteiger partial charge in [0.25, 0.3) is 0 Å². The smallest absolute Gasteiger partial charge is 0.150 e. The number of rotatable bonds is 7. The summed E-state index contributed by atoms with van der Waals surface area (Å²) in [6.45, 7) is 1.90. The van der Waals surface area contributed by atoms with Crippen LogP contribution in [0.3, 0.4) is 0 Å². The van der Waals surface area contributed by atoms with Gasteiger partial charge in [-0.3, -0.25) is 4.79 Å². The number of ether oxygens (including phenoxy) is 1. The maximum Gasteiger partial charge on any atom is 0.150 e. The van der Waals surface area contributed by atoms with E-state index < -0.39 is 0 Å². The van der Waals surface area contributed by atoms with E-state index in [9.17, 15) is 4.79 Å². The highest BCUT2D eigenvalue weighted by molar-refractivity contribution is 5.74. The third-order valence-corrected chi connectivity index (χ3v) is 2.51. The second-order valence-corrected chi connectivity index (χ2v) is 5.26. The van der Waals surface area contributed by atoms with Crippen LogP contribution in [0.25, 0.3) is 0 Å². The van der Waals surface area contributed by atoms with E-state index >= 15 is 0 Å². The highest BCUT2D eigenvalue weighted by Crippen LogP contribution is 2.11. The molecule has 0 aliphatic carbocycles. The Balaban J connectivity index is 2.20. The average Bonchev–Trinajstić information content (AvgIpc) is 2.28. The number of nitrogens with zero attached hydrogens (tertiary/aromatic N) is 1. The van der Waals surface area contributed by atoms with Gasteiger partial charge in [-0.1, -0.05) is 0 Å². The van der Waals surface area contributed by atoms with Crippen LogP contribution in [0.1, 0.15) is 23.2 Å². The summed E-state index contributed by atoms with van der Waals surface area (Å²) in [6.07, 6.45) is 3.06. The lowest BCUT2D eigenvalue weighted by molar-refractivity contribution is -0.870. The van der Waals surface area contributed by atoms with E-state index in [1.165, 1.54) is 0 Å². The van der Waals surface area contributed by atoms with Crippen LogP contribution in [-0.4, -0.2) is 45.1 Å². The molecule has 94 valence electrons. The molecule has 1 aromatic rings. The van der Waals surface area contributed by atoms with E-state index in [1.54, 1.807) is 12.1 Å². The Bertz CT molecular complexity index is 338. The molecule has 3 nitrogen and oxygen atoms in total. The van der Waals surface area contributed by atoms with Crippen LogP contribution < -0.4 is 4.74 Å². The summed E-state index contributed by atoms with van der Waals surface area (Å²) in [4.78, 5) is 10.5. The van der Waals surface area contributed by atoms with E-state index in [4.69, 9.17) is 4.74 Å². The summed E-state index contributed by atoms with van der Waals surface area (Å²) in [7, 11) is 6.58. The minimum Gasteiger partial charge on any atom is -0.494 e. The van der Waals surface area contributed by atoms with Crippen molar-refractivity contribution < 1.29 is 14.0 Å². The van der Waals surface area contributed by atoms with Crippen molar-refractivity contribution in [1.82, 2.24) is 0 Å². The summed E-state index contributed by atoms with van der Waals surface area (Å²) >= 11 is 0. The number of hydrogen-bond acceptors (Lipinski definition) is 2. The van der Waals surface area contributed by atoms with Crippen molar-refractivity contribution in [2.45, 2.75) is 12.8 Å². The van der Waals surface area contributed by atoms with Crippen LogP contribution in [0.15, 0.2) is 24.3 Å². The van der Waals surface area contributed by atoms with Crippen molar-refractivity contribution in [1.29, 1.82) is 0 Å². The van der Waals surface area contributed by atoms with Crippen LogP contribution in [0, 0.1) is 0 Å². The molecule has 0 heterocycles. The lowest BCUT2D eigenvalue weighted by Crippen LogP contribution is -2.35. The second-order valence-electron chi connectivity index (χ2n) is 5.26. The first-order valence-corrected chi connectivity index (χ1v) is 6.00. The van der Waals surface area contributed by atoms with Crippen molar-refractivity contribution in [3.05, 3.63) is 29.8 Å². The Labute approximate surface area is 104 Å². The molecular formula is C14H22NO2+. The molecule has 0 spiro atoms. The van der Waals surface area contributed by atoms with Crippen molar-refractivity contribution in [2.24, 2.45) is 0 Å². The molecular weight excluding hydrogens is 214 g/mol. The topological polar surface area (TPSA) is 26.3 Å². The predicted molar refractivity (Wildman–Crippen MR) is 69.5 cm³/mol. The van der Waals surface area contributed by atoms with E-state index in [0.29, 0.717) is 5.56 Å². The van der Waals surface area contributed by atoms with E-state index in [1.807, 2.05) is 12.1 Å². The molecule has 1 rings (SSSR count). The number of carbonyl (C=O) groups is 1. The molecule has 0 bridgehead atoms. The average molecular weight is 236 g/mol. The lowest BCUT2D eigenvalue weighted by atomic mass is 10.2. The van der Waals surface area contributed by atoms with Crippen molar-refractivity contribution in [2.75, 3.05) is 34.3 Å². The Morgan fingerprint density at radius 2 is 1.76 bits per heavy atom. The zero-order valence-corrected chi connectivity index (χ0v) is 11.0. The molecule has 0 amide bonds. The highest BCUT2D eigenvalue weighted by atomic mass is 16.5. The Kier molecular flexibility index (Phi) is 5.16. The molecule has 0 unspecified atom stereocenters. The number of carbonyl (C=O) groups excluding carboxylic acids is 1. The van der Waals surface area contributed by atoms with Crippen molar-refractivity contribution >= 4 is 6.29 Å². The number of hydrogen-bond donors (Lipinski definition) is 0. The first-order valence-electron chi connectivity index (χ1n) is 6.00. The van der Waals surface area contributed by atoms with Gasteiger partial charge in [0.05, 0.1) is 34.3 Å². The minimum absolute atomic E-state index is 0.683. The molecule has 0 N–H and O–H groups in total. The molecule has 3 heteroatoms. The van der Waals surface area contributed by atoms with Gasteiger partial charge in [-0.25, -0.2) is 0 Å².